The summed E-state index contributed by atoms with van der Waals surface area (Å²) >= 11 is 0. The van der Waals surface area contributed by atoms with E-state index in [1.165, 1.54) is 12.1 Å². The number of alkyl halides is 3. The van der Waals surface area contributed by atoms with Gasteiger partial charge in [-0.25, -0.2) is 9.97 Å². The summed E-state index contributed by atoms with van der Waals surface area (Å²) in [7, 11) is 0. The van der Waals surface area contributed by atoms with Crippen LogP contribution in [0.5, 0.6) is 0 Å². The monoisotopic (exact) mass is 401 g/mol. The number of rotatable bonds is 3. The number of fused-ring (bicyclic) bond motifs is 1. The number of aromatic nitrogens is 2. The van der Waals surface area contributed by atoms with Crippen molar-refractivity contribution in [1.82, 2.24) is 15.3 Å². The molecule has 1 aromatic heterocycles. The zero-order chi connectivity index (χ0) is 20.6. The first-order valence-electron chi connectivity index (χ1n) is 9.64. The van der Waals surface area contributed by atoms with Crippen molar-refractivity contribution in [2.75, 3.05) is 11.9 Å². The Bertz CT molecular complexity index is 1010. The van der Waals surface area contributed by atoms with Gasteiger partial charge in [0.15, 0.2) is 5.82 Å². The number of amidine groups is 1. The number of hydrogen-bond donors (Lipinski definition) is 2. The van der Waals surface area contributed by atoms with Crippen LogP contribution in [0, 0.1) is 0 Å². The van der Waals surface area contributed by atoms with Gasteiger partial charge in [0, 0.05) is 16.8 Å². The normalized spacial score (nSPS) is 16.8. The predicted molar refractivity (Wildman–Crippen MR) is 107 cm³/mol. The van der Waals surface area contributed by atoms with E-state index in [2.05, 4.69) is 25.6 Å². The highest BCUT2D eigenvalue weighted by Crippen LogP contribution is 2.37. The maximum Gasteiger partial charge on any atom is 0.417 e. The Balaban J connectivity index is 1.82. The lowest BCUT2D eigenvalue weighted by molar-refractivity contribution is -0.137. The number of halogens is 3. The van der Waals surface area contributed by atoms with Gasteiger partial charge in [0.05, 0.1) is 17.9 Å². The zero-order valence-corrected chi connectivity index (χ0v) is 16.3. The molecule has 0 unspecified atom stereocenters. The molecule has 2 aromatic rings. The second kappa shape index (κ2) is 7.50. The van der Waals surface area contributed by atoms with Gasteiger partial charge in [-0.1, -0.05) is 18.2 Å². The first kappa shape index (κ1) is 19.4. The van der Waals surface area contributed by atoms with Gasteiger partial charge in [-0.15, -0.1) is 0 Å². The first-order chi connectivity index (χ1) is 13.8. The Kier molecular flexibility index (Phi) is 5.02. The van der Waals surface area contributed by atoms with Crippen molar-refractivity contribution in [1.29, 1.82) is 0 Å². The number of anilines is 1. The number of nitrogens with zero attached hydrogens (tertiary/aromatic N) is 3. The molecule has 4 rings (SSSR count). The minimum atomic E-state index is -4.47. The molecule has 2 heterocycles. The van der Waals surface area contributed by atoms with E-state index in [1.54, 1.807) is 6.07 Å². The molecule has 2 N–H and O–H groups in total. The van der Waals surface area contributed by atoms with Crippen LogP contribution >= 0.6 is 0 Å². The van der Waals surface area contributed by atoms with E-state index in [1.807, 2.05) is 13.8 Å². The molecule has 0 amide bonds. The van der Waals surface area contributed by atoms with Crippen LogP contribution < -0.4 is 10.6 Å². The van der Waals surface area contributed by atoms with E-state index in [4.69, 9.17) is 0 Å². The molecule has 0 radical (unpaired) electrons. The van der Waals surface area contributed by atoms with Crippen LogP contribution in [-0.2, 0) is 19.0 Å². The molecule has 2 aliphatic rings. The minimum absolute atomic E-state index is 0.00327. The summed E-state index contributed by atoms with van der Waals surface area (Å²) in [6.45, 7) is 4.39. The lowest BCUT2D eigenvalue weighted by Gasteiger charge is -2.24. The number of nitrogens with one attached hydrogen (secondary N) is 2. The Labute approximate surface area is 167 Å². The summed E-state index contributed by atoms with van der Waals surface area (Å²) in [4.78, 5) is 13.4. The lowest BCUT2D eigenvalue weighted by atomic mass is 9.95. The van der Waals surface area contributed by atoms with Crippen LogP contribution in [0.3, 0.4) is 0 Å². The van der Waals surface area contributed by atoms with E-state index < -0.39 is 11.7 Å². The second-order valence-corrected chi connectivity index (χ2v) is 7.38. The molecule has 152 valence electrons. The van der Waals surface area contributed by atoms with Crippen molar-refractivity contribution in [3.63, 3.8) is 0 Å². The lowest BCUT2D eigenvalue weighted by Crippen LogP contribution is -2.31. The van der Waals surface area contributed by atoms with E-state index in [0.717, 1.165) is 60.2 Å². The molecule has 5 nitrogen and oxygen atoms in total. The highest BCUT2D eigenvalue weighted by atomic mass is 19.4. The average Bonchev–Trinajstić information content (AvgIpc) is 2.70. The molecule has 0 bridgehead atoms. The molecular formula is C21H22F3N5. The third kappa shape index (κ3) is 3.97. The van der Waals surface area contributed by atoms with E-state index in [-0.39, 0.29) is 11.4 Å². The molecule has 1 aromatic carbocycles. The fourth-order valence-corrected chi connectivity index (χ4v) is 3.64. The largest absolute Gasteiger partial charge is 0.417 e. The molecule has 8 heteroatoms. The van der Waals surface area contributed by atoms with Gasteiger partial charge < -0.3 is 10.6 Å². The van der Waals surface area contributed by atoms with Gasteiger partial charge in [0.1, 0.15) is 11.6 Å². The van der Waals surface area contributed by atoms with Crippen LogP contribution in [0.1, 0.15) is 43.5 Å². The molecule has 0 spiro atoms. The van der Waals surface area contributed by atoms with Crippen molar-refractivity contribution in [3.05, 3.63) is 52.5 Å². The predicted octanol–water partition coefficient (Wildman–Crippen LogP) is 4.71. The number of aryl methyl sites for hydroxylation is 1. The third-order valence-electron chi connectivity index (χ3n) is 5.19. The van der Waals surface area contributed by atoms with Crippen LogP contribution in [0.2, 0.25) is 0 Å². The molecule has 1 aliphatic heterocycles. The van der Waals surface area contributed by atoms with E-state index in [0.29, 0.717) is 12.4 Å². The molecule has 0 atom stereocenters. The van der Waals surface area contributed by atoms with Gasteiger partial charge in [-0.3, -0.25) is 4.99 Å². The quantitative estimate of drug-likeness (QED) is 0.782. The van der Waals surface area contributed by atoms with E-state index >= 15 is 0 Å². The van der Waals surface area contributed by atoms with E-state index in [9.17, 15) is 13.2 Å². The Morgan fingerprint density at radius 1 is 1.03 bits per heavy atom. The SMILES string of the molecule is CC1=NCC(C)=C(Nc2nc(-c3ccccc3C(F)(F)F)nc3c2CCCC3)N1. The summed E-state index contributed by atoms with van der Waals surface area (Å²) in [5.74, 6) is 2.22. The zero-order valence-electron chi connectivity index (χ0n) is 16.3. The number of benzene rings is 1. The molecule has 29 heavy (non-hydrogen) atoms. The summed E-state index contributed by atoms with van der Waals surface area (Å²) in [5, 5.41) is 6.51. The van der Waals surface area contributed by atoms with Gasteiger partial charge in [-0.05, 0) is 51.2 Å². The summed E-state index contributed by atoms with van der Waals surface area (Å²) in [5.41, 5.74) is 2.08. The van der Waals surface area contributed by atoms with Crippen LogP contribution in [-0.4, -0.2) is 22.3 Å². The molecule has 0 saturated carbocycles. The maximum absolute atomic E-state index is 13.5. The van der Waals surface area contributed by atoms with Crippen molar-refractivity contribution in [2.24, 2.45) is 4.99 Å². The smallest absolute Gasteiger partial charge is 0.331 e. The molecular weight excluding hydrogens is 379 g/mol. The van der Waals surface area contributed by atoms with Crippen molar-refractivity contribution >= 4 is 11.7 Å². The Hall–Kier alpha value is -2.90. The van der Waals surface area contributed by atoms with Crippen LogP contribution in [0.15, 0.2) is 40.7 Å². The summed E-state index contributed by atoms with van der Waals surface area (Å²) in [6.07, 6.45) is -0.954. The average molecular weight is 401 g/mol. The second-order valence-electron chi connectivity index (χ2n) is 7.38. The Morgan fingerprint density at radius 2 is 1.79 bits per heavy atom. The maximum atomic E-state index is 13.5. The molecule has 0 fully saturated rings. The highest BCUT2D eigenvalue weighted by molar-refractivity contribution is 5.83. The van der Waals surface area contributed by atoms with Gasteiger partial charge in [0.2, 0.25) is 0 Å². The number of hydrogen-bond acceptors (Lipinski definition) is 5. The summed E-state index contributed by atoms with van der Waals surface area (Å²) in [6, 6.07) is 5.46. The minimum Gasteiger partial charge on any atom is -0.331 e. The third-order valence-corrected chi connectivity index (χ3v) is 5.19. The van der Waals surface area contributed by atoms with Gasteiger partial charge in [-0.2, -0.15) is 13.2 Å². The topological polar surface area (TPSA) is 62.2 Å². The van der Waals surface area contributed by atoms with Gasteiger partial charge >= 0.3 is 6.18 Å². The van der Waals surface area contributed by atoms with Crippen molar-refractivity contribution in [3.8, 4) is 11.4 Å². The molecule has 0 saturated heterocycles. The summed E-state index contributed by atoms with van der Waals surface area (Å²) < 4.78 is 40.6. The standard InChI is InChI=1S/C21H22F3N5/c1-12-11-25-13(2)26-18(12)28-20-15-8-4-6-10-17(15)27-19(29-20)14-7-3-5-9-16(14)21(22,23)24/h3,5,7,9H,4,6,8,10-11H2,1-2H3,(H,25,26)(H,27,28,29). The van der Waals surface area contributed by atoms with Gasteiger partial charge in [0.25, 0.3) is 0 Å². The Morgan fingerprint density at radius 3 is 2.59 bits per heavy atom. The number of aliphatic imine (C=N–C) groups is 1. The highest BCUT2D eigenvalue weighted by Gasteiger charge is 2.34. The fourth-order valence-electron chi connectivity index (χ4n) is 3.64. The van der Waals surface area contributed by atoms with Crippen LogP contribution in [0.25, 0.3) is 11.4 Å². The van der Waals surface area contributed by atoms with Crippen molar-refractivity contribution < 1.29 is 13.2 Å². The van der Waals surface area contributed by atoms with Crippen LogP contribution in [0.4, 0.5) is 19.0 Å². The van der Waals surface area contributed by atoms with Crippen molar-refractivity contribution in [2.45, 2.75) is 45.7 Å². The fraction of sp³-hybridized carbons (Fsp3) is 0.381. The molecule has 1 aliphatic carbocycles. The first-order valence-corrected chi connectivity index (χ1v) is 9.64.